The minimum absolute atomic E-state index is 0.135. The number of aromatic nitrogens is 3. The highest BCUT2D eigenvalue weighted by Crippen LogP contribution is 2.25. The Bertz CT molecular complexity index is 1010. The van der Waals surface area contributed by atoms with Crippen molar-refractivity contribution in [1.29, 1.82) is 0 Å². The number of benzene rings is 1. The Kier molecular flexibility index (Phi) is 5.16. The van der Waals surface area contributed by atoms with Crippen molar-refractivity contribution in [1.82, 2.24) is 19.4 Å². The van der Waals surface area contributed by atoms with E-state index < -0.39 is 0 Å². The van der Waals surface area contributed by atoms with Crippen molar-refractivity contribution >= 4 is 16.8 Å². The second-order valence-electron chi connectivity index (χ2n) is 7.90. The Hall–Kier alpha value is -2.69. The quantitative estimate of drug-likeness (QED) is 0.687. The highest BCUT2D eigenvalue weighted by Gasteiger charge is 2.26. The molecule has 28 heavy (non-hydrogen) atoms. The Balaban J connectivity index is 1.60. The van der Waals surface area contributed by atoms with E-state index in [4.69, 9.17) is 0 Å². The van der Waals surface area contributed by atoms with Crippen molar-refractivity contribution in [2.75, 3.05) is 13.1 Å². The molecule has 0 saturated carbocycles. The van der Waals surface area contributed by atoms with Crippen molar-refractivity contribution in [2.45, 2.75) is 46.6 Å². The number of imidazole rings is 1. The van der Waals surface area contributed by atoms with E-state index in [-0.39, 0.29) is 5.91 Å². The molecule has 1 aromatic carbocycles. The topological polar surface area (TPSA) is 51.0 Å². The first-order valence-electron chi connectivity index (χ1n) is 10.2. The van der Waals surface area contributed by atoms with Gasteiger partial charge in [0.25, 0.3) is 5.91 Å². The molecule has 2 aromatic heterocycles. The zero-order valence-electron chi connectivity index (χ0n) is 17.0. The lowest BCUT2D eigenvalue weighted by Gasteiger charge is -2.33. The lowest BCUT2D eigenvalue weighted by Crippen LogP contribution is -2.41. The van der Waals surface area contributed by atoms with E-state index in [1.54, 1.807) is 0 Å². The van der Waals surface area contributed by atoms with Gasteiger partial charge in [0.05, 0.1) is 11.1 Å². The molecule has 3 aromatic rings. The second kappa shape index (κ2) is 7.74. The van der Waals surface area contributed by atoms with Crippen LogP contribution in [-0.2, 0) is 13.0 Å². The van der Waals surface area contributed by atoms with Gasteiger partial charge >= 0.3 is 0 Å². The van der Waals surface area contributed by atoms with Crippen LogP contribution in [0.5, 0.6) is 0 Å². The van der Waals surface area contributed by atoms with Crippen LogP contribution in [0, 0.1) is 19.8 Å². The van der Waals surface area contributed by atoms with Crippen molar-refractivity contribution in [3.8, 4) is 0 Å². The number of hydrogen-bond donors (Lipinski definition) is 0. The molecule has 1 saturated heterocycles. The molecule has 5 nitrogen and oxygen atoms in total. The van der Waals surface area contributed by atoms with Gasteiger partial charge in [0.1, 0.15) is 5.82 Å². The fraction of sp³-hybridized carbons (Fsp3) is 0.435. The summed E-state index contributed by atoms with van der Waals surface area (Å²) in [6.07, 6.45) is 7.03. The highest BCUT2D eigenvalue weighted by molar-refractivity contribution is 6.06. The van der Waals surface area contributed by atoms with Gasteiger partial charge < -0.3 is 9.47 Å². The molecule has 3 heterocycles. The van der Waals surface area contributed by atoms with Gasteiger partial charge in [0.15, 0.2) is 0 Å². The number of aryl methyl sites for hydroxylation is 3. The summed E-state index contributed by atoms with van der Waals surface area (Å²) in [6, 6.07) is 8.23. The Morgan fingerprint density at radius 1 is 1.25 bits per heavy atom. The normalized spacial score (nSPS) is 17.2. The molecule has 1 fully saturated rings. The Labute approximate surface area is 166 Å². The van der Waals surface area contributed by atoms with Gasteiger partial charge in [-0.2, -0.15) is 0 Å². The van der Waals surface area contributed by atoms with Crippen LogP contribution >= 0.6 is 0 Å². The molecular weight excluding hydrogens is 348 g/mol. The molecule has 4 rings (SSSR count). The van der Waals surface area contributed by atoms with E-state index in [1.807, 2.05) is 43.3 Å². The van der Waals surface area contributed by atoms with Crippen molar-refractivity contribution in [3.63, 3.8) is 0 Å². The molecule has 1 aliphatic heterocycles. The number of fused-ring (bicyclic) bond motifs is 1. The van der Waals surface area contributed by atoms with Gasteiger partial charge in [-0.25, -0.2) is 4.98 Å². The molecule has 0 N–H and O–H groups in total. The molecule has 1 aliphatic rings. The third kappa shape index (κ3) is 3.66. The summed E-state index contributed by atoms with van der Waals surface area (Å²) in [5.41, 5.74) is 3.82. The number of carbonyl (C=O) groups is 1. The van der Waals surface area contributed by atoms with E-state index in [1.165, 1.54) is 5.56 Å². The largest absolute Gasteiger partial charge is 0.338 e. The highest BCUT2D eigenvalue weighted by atomic mass is 16.2. The average Bonchev–Trinajstić information content (AvgIpc) is 3.11. The first-order chi connectivity index (χ1) is 13.5. The van der Waals surface area contributed by atoms with E-state index in [2.05, 4.69) is 33.6 Å². The van der Waals surface area contributed by atoms with Crippen LogP contribution in [0.2, 0.25) is 0 Å². The molecule has 0 unspecified atom stereocenters. The van der Waals surface area contributed by atoms with Gasteiger partial charge in [0.2, 0.25) is 0 Å². The van der Waals surface area contributed by atoms with Gasteiger partial charge in [-0.3, -0.25) is 9.78 Å². The summed E-state index contributed by atoms with van der Waals surface area (Å²) in [7, 11) is 0. The number of carbonyl (C=O) groups excluding carboxylic acids is 1. The molecule has 0 aliphatic carbocycles. The maximum absolute atomic E-state index is 13.5. The Morgan fingerprint density at radius 2 is 2.11 bits per heavy atom. The van der Waals surface area contributed by atoms with E-state index >= 15 is 0 Å². The first kappa shape index (κ1) is 18.7. The van der Waals surface area contributed by atoms with E-state index in [0.29, 0.717) is 5.92 Å². The van der Waals surface area contributed by atoms with Gasteiger partial charge in [-0.1, -0.05) is 13.0 Å². The first-order valence-corrected chi connectivity index (χ1v) is 10.2. The number of likely N-dealkylation sites (tertiary alicyclic amines) is 1. The SMILES string of the molecule is CCc1ccc2nc(C)cc(C(=O)N3CCC[C@H](Cn4ccnc4C)C3)c2c1. The number of amides is 1. The molecular formula is C23H28N4O. The minimum Gasteiger partial charge on any atom is -0.338 e. The van der Waals surface area contributed by atoms with Gasteiger partial charge in [0, 0.05) is 43.1 Å². The summed E-state index contributed by atoms with van der Waals surface area (Å²) in [5.74, 6) is 1.63. The summed E-state index contributed by atoms with van der Waals surface area (Å²) in [6.45, 7) is 8.68. The second-order valence-corrected chi connectivity index (χ2v) is 7.90. The third-order valence-corrected chi connectivity index (χ3v) is 5.82. The number of rotatable bonds is 4. The fourth-order valence-corrected chi connectivity index (χ4v) is 4.25. The molecule has 0 bridgehead atoms. The van der Waals surface area contributed by atoms with Crippen molar-refractivity contribution in [3.05, 3.63) is 59.3 Å². The predicted molar refractivity (Wildman–Crippen MR) is 111 cm³/mol. The van der Waals surface area contributed by atoms with Gasteiger partial charge in [-0.05, 0) is 62.8 Å². The standard InChI is InChI=1S/C23H28N4O/c1-4-18-7-8-22-20(13-18)21(12-16(2)25-22)23(28)27-10-5-6-19(15-27)14-26-11-9-24-17(26)3/h7-9,11-13,19H,4-6,10,14-15H2,1-3H3/t19-/m1/s1. The zero-order chi connectivity index (χ0) is 19.7. The van der Waals surface area contributed by atoms with Crippen LogP contribution in [0.3, 0.4) is 0 Å². The van der Waals surface area contributed by atoms with Crippen LogP contribution < -0.4 is 0 Å². The average molecular weight is 377 g/mol. The van der Waals surface area contributed by atoms with Gasteiger partial charge in [-0.15, -0.1) is 0 Å². The monoisotopic (exact) mass is 376 g/mol. The molecule has 146 valence electrons. The molecule has 1 atom stereocenters. The number of pyridine rings is 1. The van der Waals surface area contributed by atoms with Crippen LogP contribution in [0.1, 0.15) is 47.2 Å². The smallest absolute Gasteiger partial charge is 0.254 e. The molecule has 5 heteroatoms. The maximum Gasteiger partial charge on any atom is 0.254 e. The summed E-state index contributed by atoms with van der Waals surface area (Å²) in [4.78, 5) is 24.4. The zero-order valence-corrected chi connectivity index (χ0v) is 17.0. The van der Waals surface area contributed by atoms with Crippen molar-refractivity contribution in [2.24, 2.45) is 5.92 Å². The molecule has 0 radical (unpaired) electrons. The summed E-state index contributed by atoms with van der Waals surface area (Å²) >= 11 is 0. The maximum atomic E-state index is 13.5. The van der Waals surface area contributed by atoms with Crippen LogP contribution in [0.25, 0.3) is 10.9 Å². The third-order valence-electron chi connectivity index (χ3n) is 5.82. The van der Waals surface area contributed by atoms with E-state index in [9.17, 15) is 4.79 Å². The molecule has 1 amide bonds. The lowest BCUT2D eigenvalue weighted by molar-refractivity contribution is 0.0664. The fourth-order valence-electron chi connectivity index (χ4n) is 4.25. The minimum atomic E-state index is 0.135. The van der Waals surface area contributed by atoms with Crippen LogP contribution in [0.15, 0.2) is 36.7 Å². The van der Waals surface area contributed by atoms with Crippen LogP contribution in [-0.4, -0.2) is 38.4 Å². The lowest BCUT2D eigenvalue weighted by atomic mass is 9.96. The number of piperidine rings is 1. The number of hydrogen-bond acceptors (Lipinski definition) is 3. The van der Waals surface area contributed by atoms with E-state index in [0.717, 1.165) is 66.9 Å². The number of nitrogens with zero attached hydrogens (tertiary/aromatic N) is 4. The van der Waals surface area contributed by atoms with Crippen LogP contribution in [0.4, 0.5) is 0 Å². The summed E-state index contributed by atoms with van der Waals surface area (Å²) in [5, 5.41) is 0.975. The summed E-state index contributed by atoms with van der Waals surface area (Å²) < 4.78 is 2.19. The Morgan fingerprint density at radius 3 is 2.86 bits per heavy atom. The van der Waals surface area contributed by atoms with Crippen molar-refractivity contribution < 1.29 is 4.79 Å². The predicted octanol–water partition coefficient (Wildman–Crippen LogP) is 4.16. The molecule has 0 spiro atoms.